The normalized spacial score (nSPS) is 13.7. The van der Waals surface area contributed by atoms with Crippen molar-refractivity contribution in [1.82, 2.24) is 0 Å². The number of ketones is 1. The molecule has 0 aliphatic heterocycles. The molecule has 0 N–H and O–H groups in total. The third-order valence-electron chi connectivity index (χ3n) is 2.63. The molecule has 1 unspecified atom stereocenters. The fraction of sp³-hybridized carbons (Fsp3) is 0.417. The highest BCUT2D eigenvalue weighted by atomic mass is 35.5. The van der Waals surface area contributed by atoms with Gasteiger partial charge in [-0.2, -0.15) is 0 Å². The van der Waals surface area contributed by atoms with Gasteiger partial charge >= 0.3 is 0 Å². The van der Waals surface area contributed by atoms with Gasteiger partial charge in [0.05, 0.1) is 5.25 Å². The van der Waals surface area contributed by atoms with Crippen LogP contribution in [0.4, 0.5) is 0 Å². The Labute approximate surface area is 107 Å². The van der Waals surface area contributed by atoms with Crippen LogP contribution in [0, 0.1) is 0 Å². The van der Waals surface area contributed by atoms with Gasteiger partial charge in [-0.25, -0.2) is 8.42 Å². The molecule has 1 rings (SSSR count). The maximum Gasteiger partial charge on any atom is 0.180 e. The Balaban J connectivity index is 3.07. The van der Waals surface area contributed by atoms with Crippen LogP contribution in [0.3, 0.4) is 0 Å². The Bertz CT molecular complexity index is 520. The van der Waals surface area contributed by atoms with Gasteiger partial charge in [-0.15, -0.1) is 0 Å². The molecule has 0 saturated carbocycles. The van der Waals surface area contributed by atoms with Gasteiger partial charge in [0.15, 0.2) is 15.6 Å². The van der Waals surface area contributed by atoms with E-state index in [-0.39, 0.29) is 0 Å². The first-order valence-corrected chi connectivity index (χ1v) is 7.28. The van der Waals surface area contributed by atoms with Crippen LogP contribution in [-0.2, 0) is 9.84 Å². The Morgan fingerprint density at radius 3 is 2.29 bits per heavy atom. The Morgan fingerprint density at radius 2 is 1.82 bits per heavy atom. The third-order valence-corrected chi connectivity index (χ3v) is 5.38. The molecule has 5 heteroatoms. The molecular weight excluding hydrogens is 260 g/mol. The highest BCUT2D eigenvalue weighted by Crippen LogP contribution is 2.17. The van der Waals surface area contributed by atoms with E-state index in [2.05, 4.69) is 0 Å². The van der Waals surface area contributed by atoms with Crippen LogP contribution in [0.5, 0.6) is 0 Å². The lowest BCUT2D eigenvalue weighted by molar-refractivity contribution is 0.0991. The standard InChI is InChI=1S/C12H15ClO3S/c1-8(2)17(15,16)9(3)12(14)10-5-4-6-11(13)7-10/h4-9H,1-3H3. The number of benzene rings is 1. The summed E-state index contributed by atoms with van der Waals surface area (Å²) >= 11 is 5.77. The SMILES string of the molecule is CC(C)S(=O)(=O)C(C)C(=O)c1cccc(Cl)c1. The summed E-state index contributed by atoms with van der Waals surface area (Å²) in [4.78, 5) is 12.0. The van der Waals surface area contributed by atoms with Gasteiger partial charge in [0.2, 0.25) is 0 Å². The van der Waals surface area contributed by atoms with Gasteiger partial charge in [-0.05, 0) is 32.9 Å². The van der Waals surface area contributed by atoms with E-state index in [0.717, 1.165) is 0 Å². The zero-order chi connectivity index (χ0) is 13.2. The van der Waals surface area contributed by atoms with Gasteiger partial charge in [-0.3, -0.25) is 4.79 Å². The number of hydrogen-bond acceptors (Lipinski definition) is 3. The second kappa shape index (κ2) is 5.19. The van der Waals surface area contributed by atoms with Crippen LogP contribution in [-0.4, -0.2) is 24.7 Å². The Kier molecular flexibility index (Phi) is 4.33. The van der Waals surface area contributed by atoms with E-state index in [1.54, 1.807) is 32.0 Å². The number of sulfone groups is 1. The molecule has 3 nitrogen and oxygen atoms in total. The van der Waals surface area contributed by atoms with Crippen molar-refractivity contribution < 1.29 is 13.2 Å². The van der Waals surface area contributed by atoms with Crippen molar-refractivity contribution in [3.8, 4) is 0 Å². The quantitative estimate of drug-likeness (QED) is 0.793. The van der Waals surface area contributed by atoms with Gasteiger partial charge in [0.1, 0.15) is 5.25 Å². The summed E-state index contributed by atoms with van der Waals surface area (Å²) in [7, 11) is -3.43. The fourth-order valence-corrected chi connectivity index (χ4v) is 2.88. The second-order valence-electron chi connectivity index (χ2n) is 4.15. The average molecular weight is 275 g/mol. The number of halogens is 1. The van der Waals surface area contributed by atoms with Crippen molar-refractivity contribution in [2.75, 3.05) is 0 Å². The van der Waals surface area contributed by atoms with Crippen LogP contribution in [0.1, 0.15) is 31.1 Å². The highest BCUT2D eigenvalue weighted by Gasteiger charge is 2.31. The summed E-state index contributed by atoms with van der Waals surface area (Å²) in [5.41, 5.74) is 0.328. The first kappa shape index (κ1) is 14.2. The van der Waals surface area contributed by atoms with E-state index >= 15 is 0 Å². The molecule has 94 valence electrons. The summed E-state index contributed by atoms with van der Waals surface area (Å²) in [5, 5.41) is -1.19. The molecule has 1 aromatic carbocycles. The lowest BCUT2D eigenvalue weighted by Gasteiger charge is -2.14. The van der Waals surface area contributed by atoms with Crippen molar-refractivity contribution in [2.45, 2.75) is 31.3 Å². The summed E-state index contributed by atoms with van der Waals surface area (Å²) in [6, 6.07) is 6.32. The monoisotopic (exact) mass is 274 g/mol. The molecule has 0 spiro atoms. The van der Waals surface area contributed by atoms with E-state index < -0.39 is 26.1 Å². The molecule has 0 aliphatic carbocycles. The highest BCUT2D eigenvalue weighted by molar-refractivity contribution is 7.93. The second-order valence-corrected chi connectivity index (χ2v) is 7.42. The molecule has 17 heavy (non-hydrogen) atoms. The molecule has 0 aromatic heterocycles. The van der Waals surface area contributed by atoms with E-state index in [0.29, 0.717) is 10.6 Å². The zero-order valence-electron chi connectivity index (χ0n) is 9.98. The summed E-state index contributed by atoms with van der Waals surface area (Å²) in [5.74, 6) is -0.416. The van der Waals surface area contributed by atoms with Crippen molar-refractivity contribution >= 4 is 27.2 Å². The van der Waals surface area contributed by atoms with Crippen LogP contribution >= 0.6 is 11.6 Å². The van der Waals surface area contributed by atoms with Crippen LogP contribution < -0.4 is 0 Å². The summed E-state index contributed by atoms with van der Waals surface area (Å²) < 4.78 is 23.8. The lowest BCUT2D eigenvalue weighted by Crippen LogP contribution is -2.32. The molecule has 0 fully saturated rings. The number of carbonyl (C=O) groups is 1. The molecular formula is C12H15ClO3S. The average Bonchev–Trinajstić information content (AvgIpc) is 2.26. The van der Waals surface area contributed by atoms with Crippen LogP contribution in [0.25, 0.3) is 0 Å². The van der Waals surface area contributed by atoms with Gasteiger partial charge in [0, 0.05) is 10.6 Å². The van der Waals surface area contributed by atoms with E-state index in [4.69, 9.17) is 11.6 Å². The molecule has 0 saturated heterocycles. The maximum atomic E-state index is 12.0. The Hall–Kier alpha value is -0.870. The first-order chi connectivity index (χ1) is 7.76. The van der Waals surface area contributed by atoms with E-state index in [9.17, 15) is 13.2 Å². The topological polar surface area (TPSA) is 51.2 Å². The largest absolute Gasteiger partial charge is 0.293 e. The van der Waals surface area contributed by atoms with E-state index in [1.807, 2.05) is 0 Å². The van der Waals surface area contributed by atoms with Crippen molar-refractivity contribution in [3.63, 3.8) is 0 Å². The molecule has 1 atom stereocenters. The van der Waals surface area contributed by atoms with Gasteiger partial charge in [0.25, 0.3) is 0 Å². The smallest absolute Gasteiger partial charge is 0.180 e. The molecule has 0 bridgehead atoms. The number of hydrogen-bond donors (Lipinski definition) is 0. The molecule has 0 aliphatic rings. The minimum atomic E-state index is -3.43. The van der Waals surface area contributed by atoms with Crippen molar-refractivity contribution in [2.24, 2.45) is 0 Å². The molecule has 1 aromatic rings. The van der Waals surface area contributed by atoms with Gasteiger partial charge < -0.3 is 0 Å². The first-order valence-electron chi connectivity index (χ1n) is 5.29. The number of rotatable bonds is 4. The predicted octanol–water partition coefficient (Wildman–Crippen LogP) is 2.73. The minimum absolute atomic E-state index is 0.328. The lowest BCUT2D eigenvalue weighted by atomic mass is 10.1. The zero-order valence-corrected chi connectivity index (χ0v) is 11.5. The number of carbonyl (C=O) groups excluding carboxylic acids is 1. The van der Waals surface area contributed by atoms with Gasteiger partial charge in [-0.1, -0.05) is 23.7 Å². The molecule has 0 radical (unpaired) electrons. The molecule has 0 amide bonds. The minimum Gasteiger partial charge on any atom is -0.293 e. The van der Waals surface area contributed by atoms with E-state index in [1.165, 1.54) is 13.0 Å². The number of Topliss-reactive ketones (excluding diaryl/α,β-unsaturated/α-hetero) is 1. The molecule has 0 heterocycles. The fourth-order valence-electron chi connectivity index (χ4n) is 1.43. The van der Waals surface area contributed by atoms with Crippen molar-refractivity contribution in [3.05, 3.63) is 34.9 Å². The maximum absolute atomic E-state index is 12.0. The van der Waals surface area contributed by atoms with Crippen LogP contribution in [0.2, 0.25) is 5.02 Å². The van der Waals surface area contributed by atoms with Crippen LogP contribution in [0.15, 0.2) is 24.3 Å². The summed E-state index contributed by atoms with van der Waals surface area (Å²) in [6.45, 7) is 4.55. The third kappa shape index (κ3) is 3.07. The van der Waals surface area contributed by atoms with Crippen molar-refractivity contribution in [1.29, 1.82) is 0 Å². The summed E-state index contributed by atoms with van der Waals surface area (Å²) in [6.07, 6.45) is 0. The Morgan fingerprint density at radius 1 is 1.24 bits per heavy atom. The predicted molar refractivity (Wildman–Crippen MR) is 69.3 cm³/mol.